The molecule has 0 aliphatic carbocycles. The van der Waals surface area contributed by atoms with Crippen molar-refractivity contribution in [3.05, 3.63) is 29.8 Å². The van der Waals surface area contributed by atoms with Gasteiger partial charge in [-0.2, -0.15) is 0 Å². The first-order chi connectivity index (χ1) is 7.67. The highest BCUT2D eigenvalue weighted by Gasteiger charge is 2.04. The van der Waals surface area contributed by atoms with E-state index in [2.05, 4.69) is 50.4 Å². The Morgan fingerprint density at radius 2 is 1.81 bits per heavy atom. The fourth-order valence-electron chi connectivity index (χ4n) is 1.59. The first-order valence-corrected chi connectivity index (χ1v) is 6.12. The molecular weight excluding hydrogens is 198 g/mol. The number of nitrogens with one attached hydrogen (secondary N) is 1. The van der Waals surface area contributed by atoms with Gasteiger partial charge < -0.3 is 10.4 Å². The molecule has 1 atom stereocenters. The fraction of sp³-hybridized carbons (Fsp3) is 0.571. The van der Waals surface area contributed by atoms with E-state index >= 15 is 0 Å². The van der Waals surface area contributed by atoms with Gasteiger partial charge in [0.1, 0.15) is 0 Å². The minimum atomic E-state index is 0.258. The summed E-state index contributed by atoms with van der Waals surface area (Å²) in [7, 11) is 0. The molecule has 0 bridgehead atoms. The lowest BCUT2D eigenvalue weighted by Gasteiger charge is -2.14. The monoisotopic (exact) mass is 221 g/mol. The topological polar surface area (TPSA) is 32.3 Å². The largest absolute Gasteiger partial charge is 0.396 e. The Labute approximate surface area is 98.7 Å². The summed E-state index contributed by atoms with van der Waals surface area (Å²) in [6, 6.07) is 8.54. The van der Waals surface area contributed by atoms with Gasteiger partial charge in [-0.15, -0.1) is 0 Å². The van der Waals surface area contributed by atoms with Crippen molar-refractivity contribution in [3.63, 3.8) is 0 Å². The molecule has 1 aromatic carbocycles. The highest BCUT2D eigenvalue weighted by Crippen LogP contribution is 2.17. The SMILES string of the molecule is CCC(CO)CNc1ccc(C(C)C)cc1. The average molecular weight is 221 g/mol. The van der Waals surface area contributed by atoms with Crippen molar-refractivity contribution in [2.45, 2.75) is 33.1 Å². The van der Waals surface area contributed by atoms with Crippen LogP contribution in [-0.2, 0) is 0 Å². The van der Waals surface area contributed by atoms with Crippen LogP contribution in [0.4, 0.5) is 5.69 Å². The van der Waals surface area contributed by atoms with E-state index in [1.165, 1.54) is 5.56 Å². The van der Waals surface area contributed by atoms with Crippen LogP contribution < -0.4 is 5.32 Å². The average Bonchev–Trinajstić information content (AvgIpc) is 2.31. The standard InChI is InChI=1S/C14H23NO/c1-4-12(10-16)9-15-14-7-5-13(6-8-14)11(2)3/h5-8,11-12,15-16H,4,9-10H2,1-3H3. The molecule has 2 nitrogen and oxygen atoms in total. The van der Waals surface area contributed by atoms with Crippen LogP contribution in [0.25, 0.3) is 0 Å². The molecule has 0 heterocycles. The van der Waals surface area contributed by atoms with Crippen molar-refractivity contribution in [2.75, 3.05) is 18.5 Å². The predicted octanol–water partition coefficient (Wildman–Crippen LogP) is 3.24. The van der Waals surface area contributed by atoms with Crippen LogP contribution in [0.5, 0.6) is 0 Å². The molecule has 2 heteroatoms. The maximum absolute atomic E-state index is 9.08. The molecular formula is C14H23NO. The Balaban J connectivity index is 2.49. The summed E-state index contributed by atoms with van der Waals surface area (Å²) in [4.78, 5) is 0. The molecule has 0 amide bonds. The smallest absolute Gasteiger partial charge is 0.0475 e. The third kappa shape index (κ3) is 3.86. The number of benzene rings is 1. The number of anilines is 1. The van der Waals surface area contributed by atoms with E-state index in [1.807, 2.05) is 0 Å². The minimum absolute atomic E-state index is 0.258. The van der Waals surface area contributed by atoms with Crippen LogP contribution in [0.2, 0.25) is 0 Å². The molecule has 0 saturated heterocycles. The Morgan fingerprint density at radius 3 is 2.25 bits per heavy atom. The molecule has 1 aromatic rings. The van der Waals surface area contributed by atoms with Crippen molar-refractivity contribution in [2.24, 2.45) is 5.92 Å². The lowest BCUT2D eigenvalue weighted by Crippen LogP contribution is -2.16. The van der Waals surface area contributed by atoms with Crippen molar-refractivity contribution in [3.8, 4) is 0 Å². The number of aliphatic hydroxyl groups is 1. The third-order valence-electron chi connectivity index (χ3n) is 3.01. The van der Waals surface area contributed by atoms with Crippen molar-refractivity contribution in [1.29, 1.82) is 0 Å². The van der Waals surface area contributed by atoms with Gasteiger partial charge in [-0.05, 0) is 36.0 Å². The number of hydrogen-bond donors (Lipinski definition) is 2. The van der Waals surface area contributed by atoms with Crippen LogP contribution in [0, 0.1) is 5.92 Å². The Hall–Kier alpha value is -1.02. The van der Waals surface area contributed by atoms with Gasteiger partial charge in [0.05, 0.1) is 0 Å². The van der Waals surface area contributed by atoms with Gasteiger partial charge in [0, 0.05) is 18.8 Å². The minimum Gasteiger partial charge on any atom is -0.396 e. The van der Waals surface area contributed by atoms with Crippen LogP contribution in [-0.4, -0.2) is 18.3 Å². The van der Waals surface area contributed by atoms with E-state index in [9.17, 15) is 0 Å². The van der Waals surface area contributed by atoms with Crippen LogP contribution in [0.15, 0.2) is 24.3 Å². The predicted molar refractivity (Wildman–Crippen MR) is 69.9 cm³/mol. The zero-order valence-electron chi connectivity index (χ0n) is 10.5. The molecule has 90 valence electrons. The van der Waals surface area contributed by atoms with Crippen LogP contribution >= 0.6 is 0 Å². The van der Waals surface area contributed by atoms with Gasteiger partial charge in [0.2, 0.25) is 0 Å². The third-order valence-corrected chi connectivity index (χ3v) is 3.01. The lowest BCUT2D eigenvalue weighted by atomic mass is 10.0. The van der Waals surface area contributed by atoms with Gasteiger partial charge in [0.25, 0.3) is 0 Å². The molecule has 0 aromatic heterocycles. The maximum Gasteiger partial charge on any atom is 0.0475 e. The van der Waals surface area contributed by atoms with Gasteiger partial charge in [0.15, 0.2) is 0 Å². The van der Waals surface area contributed by atoms with E-state index in [0.29, 0.717) is 11.8 Å². The molecule has 1 rings (SSSR count). The summed E-state index contributed by atoms with van der Waals surface area (Å²) in [5, 5.41) is 12.4. The second kappa shape index (κ2) is 6.54. The lowest BCUT2D eigenvalue weighted by molar-refractivity contribution is 0.230. The second-order valence-electron chi connectivity index (χ2n) is 4.61. The molecule has 0 saturated carbocycles. The maximum atomic E-state index is 9.08. The van der Waals surface area contributed by atoms with E-state index < -0.39 is 0 Å². The van der Waals surface area contributed by atoms with Crippen molar-refractivity contribution < 1.29 is 5.11 Å². The first-order valence-electron chi connectivity index (χ1n) is 6.12. The zero-order valence-corrected chi connectivity index (χ0v) is 10.5. The van der Waals surface area contributed by atoms with E-state index in [1.54, 1.807) is 0 Å². The summed E-state index contributed by atoms with van der Waals surface area (Å²) in [5.41, 5.74) is 2.50. The Morgan fingerprint density at radius 1 is 1.19 bits per heavy atom. The highest BCUT2D eigenvalue weighted by atomic mass is 16.3. The molecule has 0 spiro atoms. The summed E-state index contributed by atoms with van der Waals surface area (Å²) in [6.45, 7) is 7.59. The normalized spacial score (nSPS) is 12.8. The van der Waals surface area contributed by atoms with Gasteiger partial charge in [-0.3, -0.25) is 0 Å². The highest BCUT2D eigenvalue weighted by molar-refractivity contribution is 5.45. The van der Waals surface area contributed by atoms with E-state index in [-0.39, 0.29) is 6.61 Å². The van der Waals surface area contributed by atoms with Gasteiger partial charge >= 0.3 is 0 Å². The molecule has 0 aliphatic heterocycles. The summed E-state index contributed by atoms with van der Waals surface area (Å²) in [5.74, 6) is 0.930. The quantitative estimate of drug-likeness (QED) is 0.773. The molecule has 0 fully saturated rings. The zero-order chi connectivity index (χ0) is 12.0. The first kappa shape index (κ1) is 13.0. The molecule has 0 aliphatic rings. The van der Waals surface area contributed by atoms with Gasteiger partial charge in [-0.1, -0.05) is 32.9 Å². The summed E-state index contributed by atoms with van der Waals surface area (Å²) < 4.78 is 0. The number of rotatable bonds is 6. The van der Waals surface area contributed by atoms with Crippen LogP contribution in [0.3, 0.4) is 0 Å². The summed E-state index contributed by atoms with van der Waals surface area (Å²) >= 11 is 0. The second-order valence-corrected chi connectivity index (χ2v) is 4.61. The van der Waals surface area contributed by atoms with Crippen molar-refractivity contribution >= 4 is 5.69 Å². The van der Waals surface area contributed by atoms with Crippen molar-refractivity contribution in [1.82, 2.24) is 0 Å². The molecule has 0 radical (unpaired) electrons. The Kier molecular flexibility index (Phi) is 5.33. The molecule has 1 unspecified atom stereocenters. The summed E-state index contributed by atoms with van der Waals surface area (Å²) in [6.07, 6.45) is 1.01. The van der Waals surface area contributed by atoms with Gasteiger partial charge in [-0.25, -0.2) is 0 Å². The number of aliphatic hydroxyl groups excluding tert-OH is 1. The van der Waals surface area contributed by atoms with E-state index in [4.69, 9.17) is 5.11 Å². The fourth-order valence-corrected chi connectivity index (χ4v) is 1.59. The van der Waals surface area contributed by atoms with Crippen LogP contribution in [0.1, 0.15) is 38.7 Å². The Bertz CT molecular complexity index is 288. The molecule has 2 N–H and O–H groups in total. The number of hydrogen-bond acceptors (Lipinski definition) is 2. The molecule has 16 heavy (non-hydrogen) atoms. The van der Waals surface area contributed by atoms with E-state index in [0.717, 1.165) is 18.7 Å².